The predicted octanol–water partition coefficient (Wildman–Crippen LogP) is 6.32. The van der Waals surface area contributed by atoms with E-state index >= 15 is 0 Å². The quantitative estimate of drug-likeness (QED) is 0.210. The second-order valence-corrected chi connectivity index (χ2v) is 12.1. The molecule has 2 amide bonds. The number of alkyl halides is 3. The van der Waals surface area contributed by atoms with E-state index in [4.69, 9.17) is 11.6 Å². The lowest BCUT2D eigenvalue weighted by atomic mass is 10.1. The fraction of sp³-hybridized carbons (Fsp3) is 0.355. The van der Waals surface area contributed by atoms with E-state index < -0.39 is 51.9 Å². The number of carbonyl (C=O) groups excluding carboxylic acids is 2. The van der Waals surface area contributed by atoms with Gasteiger partial charge in [0.25, 0.3) is 10.0 Å². The van der Waals surface area contributed by atoms with Gasteiger partial charge in [-0.15, -0.1) is 0 Å². The van der Waals surface area contributed by atoms with Crippen molar-refractivity contribution in [1.29, 1.82) is 0 Å². The van der Waals surface area contributed by atoms with E-state index in [1.807, 2.05) is 37.3 Å². The zero-order chi connectivity index (χ0) is 31.6. The molecule has 0 aromatic heterocycles. The fourth-order valence-electron chi connectivity index (χ4n) is 4.52. The summed E-state index contributed by atoms with van der Waals surface area (Å²) in [5.74, 6) is -1.16. The standard InChI is InChI=1S/C31H35ClF3N3O4S/c1-3-5-19-36-30(40)27(4-2)37(20-18-23-12-8-6-9-13-23)29(39)22-38(43(41,42)25-14-10-7-11-15-25)28-21-24(31(33,34)35)16-17-26(28)32/h6-17,21,27H,3-5,18-20,22H2,1-2H3,(H,36,40)/t27-/m0/s1. The van der Waals surface area contributed by atoms with Crippen LogP contribution in [0.3, 0.4) is 0 Å². The van der Waals surface area contributed by atoms with Crippen molar-refractivity contribution in [2.24, 2.45) is 0 Å². The Balaban J connectivity index is 2.08. The molecule has 3 aromatic rings. The smallest absolute Gasteiger partial charge is 0.354 e. The van der Waals surface area contributed by atoms with E-state index in [0.29, 0.717) is 23.3 Å². The molecule has 0 aliphatic carbocycles. The first-order chi connectivity index (χ1) is 20.4. The zero-order valence-corrected chi connectivity index (χ0v) is 25.6. The van der Waals surface area contributed by atoms with Crippen LogP contribution in [0.4, 0.5) is 18.9 Å². The first kappa shape index (κ1) is 33.9. The summed E-state index contributed by atoms with van der Waals surface area (Å²) in [6.07, 6.45) is -2.62. The summed E-state index contributed by atoms with van der Waals surface area (Å²) in [4.78, 5) is 28.3. The molecule has 43 heavy (non-hydrogen) atoms. The molecule has 12 heteroatoms. The number of amides is 2. The summed E-state index contributed by atoms with van der Waals surface area (Å²) in [5, 5.41) is 2.54. The van der Waals surface area contributed by atoms with Crippen molar-refractivity contribution in [2.75, 3.05) is 23.9 Å². The minimum absolute atomic E-state index is 0.0676. The van der Waals surface area contributed by atoms with Crippen molar-refractivity contribution in [3.05, 3.63) is 95.0 Å². The van der Waals surface area contributed by atoms with Crippen LogP contribution in [0, 0.1) is 0 Å². The third-order valence-electron chi connectivity index (χ3n) is 6.85. The van der Waals surface area contributed by atoms with Crippen LogP contribution in [0.15, 0.2) is 83.8 Å². The Bertz CT molecular complexity index is 1470. The van der Waals surface area contributed by atoms with Gasteiger partial charge in [-0.05, 0) is 55.2 Å². The predicted molar refractivity (Wildman–Crippen MR) is 161 cm³/mol. The van der Waals surface area contributed by atoms with E-state index in [-0.39, 0.29) is 22.9 Å². The Morgan fingerprint density at radius 2 is 1.58 bits per heavy atom. The van der Waals surface area contributed by atoms with Crippen LogP contribution in [0.25, 0.3) is 0 Å². The Kier molecular flexibility index (Phi) is 12.0. The fourth-order valence-corrected chi connectivity index (χ4v) is 6.23. The highest BCUT2D eigenvalue weighted by molar-refractivity contribution is 7.92. The molecule has 3 rings (SSSR count). The Hall–Kier alpha value is -3.57. The van der Waals surface area contributed by atoms with E-state index in [9.17, 15) is 31.2 Å². The molecule has 3 aromatic carbocycles. The third kappa shape index (κ3) is 8.96. The SMILES string of the molecule is CCCCNC(=O)[C@H](CC)N(CCc1ccccc1)C(=O)CN(c1cc(C(F)(F)F)ccc1Cl)S(=O)(=O)c1ccccc1. The number of sulfonamides is 1. The molecule has 0 bridgehead atoms. The molecular weight excluding hydrogens is 603 g/mol. The van der Waals surface area contributed by atoms with Crippen LogP contribution in [-0.2, 0) is 32.2 Å². The molecule has 0 saturated heterocycles. The van der Waals surface area contributed by atoms with Crippen molar-refractivity contribution in [3.63, 3.8) is 0 Å². The van der Waals surface area contributed by atoms with Gasteiger partial charge in [0, 0.05) is 13.1 Å². The lowest BCUT2D eigenvalue weighted by Gasteiger charge is -2.33. The van der Waals surface area contributed by atoms with Gasteiger partial charge in [-0.3, -0.25) is 13.9 Å². The van der Waals surface area contributed by atoms with E-state index in [2.05, 4.69) is 5.32 Å². The molecule has 232 valence electrons. The van der Waals surface area contributed by atoms with Crippen LogP contribution >= 0.6 is 11.6 Å². The van der Waals surface area contributed by atoms with Crippen LogP contribution in [-0.4, -0.2) is 50.8 Å². The lowest BCUT2D eigenvalue weighted by Crippen LogP contribution is -2.53. The van der Waals surface area contributed by atoms with Crippen molar-refractivity contribution in [2.45, 2.75) is 56.6 Å². The number of nitrogens with one attached hydrogen (secondary N) is 1. The number of nitrogens with zero attached hydrogens (tertiary/aromatic N) is 2. The van der Waals surface area contributed by atoms with Gasteiger partial charge in [0.1, 0.15) is 12.6 Å². The lowest BCUT2D eigenvalue weighted by molar-refractivity contribution is -0.139. The molecule has 0 aliphatic rings. The minimum Gasteiger partial charge on any atom is -0.354 e. The van der Waals surface area contributed by atoms with Gasteiger partial charge in [-0.25, -0.2) is 8.42 Å². The molecule has 0 aliphatic heterocycles. The van der Waals surface area contributed by atoms with Crippen LogP contribution < -0.4 is 9.62 Å². The van der Waals surface area contributed by atoms with Crippen LogP contribution in [0.5, 0.6) is 0 Å². The average Bonchev–Trinajstić information content (AvgIpc) is 2.98. The summed E-state index contributed by atoms with van der Waals surface area (Å²) in [5.41, 5.74) is -0.747. The highest BCUT2D eigenvalue weighted by Crippen LogP contribution is 2.37. The van der Waals surface area contributed by atoms with Crippen LogP contribution in [0.2, 0.25) is 5.02 Å². The first-order valence-electron chi connectivity index (χ1n) is 14.0. The summed E-state index contributed by atoms with van der Waals surface area (Å²) < 4.78 is 69.3. The maximum Gasteiger partial charge on any atom is 0.416 e. The molecule has 0 radical (unpaired) electrons. The summed E-state index contributed by atoms with van der Waals surface area (Å²) in [6, 6.07) is 17.6. The largest absolute Gasteiger partial charge is 0.416 e. The number of rotatable bonds is 14. The normalized spacial score (nSPS) is 12.4. The Morgan fingerprint density at radius 1 is 0.953 bits per heavy atom. The highest BCUT2D eigenvalue weighted by atomic mass is 35.5. The third-order valence-corrected chi connectivity index (χ3v) is 8.95. The topological polar surface area (TPSA) is 86.8 Å². The molecule has 1 atom stereocenters. The van der Waals surface area contributed by atoms with Crippen molar-refractivity contribution < 1.29 is 31.2 Å². The summed E-state index contributed by atoms with van der Waals surface area (Å²) in [7, 11) is -4.57. The second kappa shape index (κ2) is 15.2. The molecule has 0 heterocycles. The van der Waals surface area contributed by atoms with E-state index in [1.165, 1.54) is 29.2 Å². The van der Waals surface area contributed by atoms with E-state index in [0.717, 1.165) is 30.5 Å². The van der Waals surface area contributed by atoms with Crippen molar-refractivity contribution in [3.8, 4) is 0 Å². The van der Waals surface area contributed by atoms with Gasteiger partial charge in [0.2, 0.25) is 11.8 Å². The van der Waals surface area contributed by atoms with Gasteiger partial charge in [-0.2, -0.15) is 13.2 Å². The summed E-state index contributed by atoms with van der Waals surface area (Å²) in [6.45, 7) is 3.29. The Morgan fingerprint density at radius 3 is 2.16 bits per heavy atom. The number of hydrogen-bond acceptors (Lipinski definition) is 4. The average molecular weight is 638 g/mol. The minimum atomic E-state index is -4.79. The highest BCUT2D eigenvalue weighted by Gasteiger charge is 2.36. The number of halogens is 4. The number of anilines is 1. The maximum absolute atomic E-state index is 14.0. The Labute approximate surface area is 255 Å². The van der Waals surface area contributed by atoms with Crippen molar-refractivity contribution >= 4 is 39.1 Å². The maximum atomic E-state index is 14.0. The number of carbonyl (C=O) groups is 2. The monoisotopic (exact) mass is 637 g/mol. The number of benzene rings is 3. The van der Waals surface area contributed by atoms with Crippen molar-refractivity contribution in [1.82, 2.24) is 10.2 Å². The molecule has 0 saturated carbocycles. The van der Waals surface area contributed by atoms with Crippen LogP contribution in [0.1, 0.15) is 44.2 Å². The molecule has 0 unspecified atom stereocenters. The molecule has 1 N–H and O–H groups in total. The molecular formula is C31H35ClF3N3O4S. The molecule has 0 spiro atoms. The molecule has 0 fully saturated rings. The molecule has 7 nitrogen and oxygen atoms in total. The second-order valence-electron chi connectivity index (χ2n) is 9.88. The van der Waals surface area contributed by atoms with Gasteiger partial charge >= 0.3 is 6.18 Å². The van der Waals surface area contributed by atoms with Gasteiger partial charge in [0.05, 0.1) is 21.2 Å². The summed E-state index contributed by atoms with van der Waals surface area (Å²) >= 11 is 6.29. The zero-order valence-electron chi connectivity index (χ0n) is 24.0. The van der Waals surface area contributed by atoms with Gasteiger partial charge < -0.3 is 10.2 Å². The number of hydrogen-bond donors (Lipinski definition) is 1. The van der Waals surface area contributed by atoms with Gasteiger partial charge in [-0.1, -0.05) is 80.4 Å². The van der Waals surface area contributed by atoms with E-state index in [1.54, 1.807) is 13.0 Å². The number of unbranched alkanes of at least 4 members (excludes halogenated alkanes) is 1. The van der Waals surface area contributed by atoms with Gasteiger partial charge in [0.15, 0.2) is 0 Å². The first-order valence-corrected chi connectivity index (χ1v) is 15.8.